The molecule has 1 N–H and O–H groups in total. The van der Waals surface area contributed by atoms with E-state index in [0.717, 1.165) is 11.0 Å². The Hall–Kier alpha value is -2.36. The number of imidazole rings is 1. The minimum Gasteiger partial charge on any atom is -0.463 e. The van der Waals surface area contributed by atoms with Crippen LogP contribution in [0, 0.1) is 0 Å². The van der Waals surface area contributed by atoms with Crippen molar-refractivity contribution in [2.75, 3.05) is 0 Å². The monoisotopic (exact) mass is 211 g/mol. The Morgan fingerprint density at radius 1 is 1.19 bits per heavy atom. The Kier molecular flexibility index (Phi) is 2.04. The van der Waals surface area contributed by atoms with Gasteiger partial charge in [0.05, 0.1) is 23.5 Å². The fraction of sp³-hybridized carbons (Fsp3) is 0. The van der Waals surface area contributed by atoms with E-state index in [1.807, 2.05) is 36.4 Å². The molecule has 0 saturated carbocycles. The normalized spacial score (nSPS) is 11.5. The fourth-order valence-electron chi connectivity index (χ4n) is 1.49. The van der Waals surface area contributed by atoms with Crippen LogP contribution in [0.4, 0.5) is 5.95 Å². The number of nitrogens with one attached hydrogen (secondary N) is 1. The third-order valence-corrected chi connectivity index (χ3v) is 2.23. The molecule has 4 heteroatoms. The van der Waals surface area contributed by atoms with Crippen molar-refractivity contribution in [3.05, 3.63) is 48.4 Å². The number of furan rings is 1. The van der Waals surface area contributed by atoms with Crippen molar-refractivity contribution in [2.45, 2.75) is 0 Å². The first kappa shape index (κ1) is 8.91. The lowest BCUT2D eigenvalue weighted by atomic mass is 10.3. The van der Waals surface area contributed by atoms with Crippen molar-refractivity contribution in [2.24, 2.45) is 4.99 Å². The van der Waals surface area contributed by atoms with Crippen molar-refractivity contribution >= 4 is 23.2 Å². The summed E-state index contributed by atoms with van der Waals surface area (Å²) < 4.78 is 5.14. The lowest BCUT2D eigenvalue weighted by Crippen LogP contribution is -1.74. The maximum Gasteiger partial charge on any atom is 0.227 e. The number of aliphatic imine (C=N–C) groups is 1. The summed E-state index contributed by atoms with van der Waals surface area (Å²) in [5.74, 6) is 1.29. The van der Waals surface area contributed by atoms with E-state index in [9.17, 15) is 0 Å². The van der Waals surface area contributed by atoms with Crippen LogP contribution in [0.1, 0.15) is 5.76 Å². The summed E-state index contributed by atoms with van der Waals surface area (Å²) in [7, 11) is 0. The number of para-hydroxylation sites is 2. The Balaban J connectivity index is 1.95. The topological polar surface area (TPSA) is 54.2 Å². The van der Waals surface area contributed by atoms with E-state index in [-0.39, 0.29) is 0 Å². The molecule has 0 aliphatic rings. The third kappa shape index (κ3) is 1.61. The van der Waals surface area contributed by atoms with Crippen LogP contribution in [-0.4, -0.2) is 16.2 Å². The highest BCUT2D eigenvalue weighted by atomic mass is 16.3. The van der Waals surface area contributed by atoms with Crippen molar-refractivity contribution in [1.82, 2.24) is 9.97 Å². The predicted molar refractivity (Wildman–Crippen MR) is 62.1 cm³/mol. The Labute approximate surface area is 91.7 Å². The summed E-state index contributed by atoms with van der Waals surface area (Å²) in [5, 5.41) is 0. The van der Waals surface area contributed by atoms with Gasteiger partial charge in [-0.1, -0.05) is 12.1 Å². The first-order valence-corrected chi connectivity index (χ1v) is 4.94. The van der Waals surface area contributed by atoms with E-state index in [0.29, 0.717) is 11.7 Å². The number of H-pyrrole nitrogens is 1. The summed E-state index contributed by atoms with van der Waals surface area (Å²) in [5.41, 5.74) is 1.89. The van der Waals surface area contributed by atoms with Gasteiger partial charge >= 0.3 is 0 Å². The number of hydrogen-bond acceptors (Lipinski definition) is 3. The van der Waals surface area contributed by atoms with Gasteiger partial charge in [-0.05, 0) is 24.3 Å². The molecule has 1 aromatic carbocycles. The molecule has 0 amide bonds. The van der Waals surface area contributed by atoms with Crippen LogP contribution in [0.25, 0.3) is 11.0 Å². The molecule has 0 fully saturated rings. The highest BCUT2D eigenvalue weighted by Gasteiger charge is 1.99. The SMILES string of the molecule is C(=N\c1nc2ccccc2[nH]1)/c1ccco1. The van der Waals surface area contributed by atoms with Gasteiger partial charge in [0.25, 0.3) is 0 Å². The van der Waals surface area contributed by atoms with Gasteiger partial charge in [0.2, 0.25) is 5.95 Å². The van der Waals surface area contributed by atoms with Gasteiger partial charge in [-0.3, -0.25) is 0 Å². The fourth-order valence-corrected chi connectivity index (χ4v) is 1.49. The summed E-state index contributed by atoms with van der Waals surface area (Å²) in [4.78, 5) is 11.6. The van der Waals surface area contributed by atoms with Crippen LogP contribution in [0.15, 0.2) is 52.1 Å². The Morgan fingerprint density at radius 2 is 2.12 bits per heavy atom. The second-order valence-electron chi connectivity index (χ2n) is 3.35. The second kappa shape index (κ2) is 3.66. The average molecular weight is 211 g/mol. The van der Waals surface area contributed by atoms with Crippen LogP contribution in [0.2, 0.25) is 0 Å². The van der Waals surface area contributed by atoms with Crippen LogP contribution in [0.3, 0.4) is 0 Å². The molecule has 3 aromatic rings. The number of aromatic amines is 1. The summed E-state index contributed by atoms with van der Waals surface area (Å²) in [6.07, 6.45) is 3.25. The predicted octanol–water partition coefficient (Wildman–Crippen LogP) is 2.91. The molecular weight excluding hydrogens is 202 g/mol. The molecule has 3 rings (SSSR count). The van der Waals surface area contributed by atoms with Gasteiger partial charge in [-0.15, -0.1) is 0 Å². The van der Waals surface area contributed by atoms with Crippen LogP contribution >= 0.6 is 0 Å². The molecule has 2 aromatic heterocycles. The number of fused-ring (bicyclic) bond motifs is 1. The van der Waals surface area contributed by atoms with Crippen LogP contribution < -0.4 is 0 Å². The Bertz CT molecular complexity index is 590. The molecule has 0 aliphatic heterocycles. The number of hydrogen-bond donors (Lipinski definition) is 1. The first-order valence-electron chi connectivity index (χ1n) is 4.94. The second-order valence-corrected chi connectivity index (χ2v) is 3.35. The summed E-state index contributed by atoms with van der Waals surface area (Å²) >= 11 is 0. The minimum absolute atomic E-state index is 0.581. The summed E-state index contributed by atoms with van der Waals surface area (Å²) in [6.45, 7) is 0. The van der Waals surface area contributed by atoms with E-state index in [4.69, 9.17) is 4.42 Å². The van der Waals surface area contributed by atoms with Gasteiger partial charge in [0, 0.05) is 0 Å². The molecule has 0 aliphatic carbocycles. The molecule has 0 atom stereocenters. The maximum absolute atomic E-state index is 5.14. The standard InChI is InChI=1S/C12H9N3O/c1-2-6-11-10(5-1)14-12(15-11)13-8-9-4-3-7-16-9/h1-8H,(H,14,15)/b13-8+. The average Bonchev–Trinajstić information content (AvgIpc) is 2.95. The van der Waals surface area contributed by atoms with Gasteiger partial charge in [-0.2, -0.15) is 0 Å². The van der Waals surface area contributed by atoms with Crippen LogP contribution in [-0.2, 0) is 0 Å². The largest absolute Gasteiger partial charge is 0.463 e. The van der Waals surface area contributed by atoms with Crippen molar-refractivity contribution in [3.8, 4) is 0 Å². The van der Waals surface area contributed by atoms with E-state index in [1.54, 1.807) is 12.5 Å². The van der Waals surface area contributed by atoms with E-state index < -0.39 is 0 Å². The highest BCUT2D eigenvalue weighted by molar-refractivity contribution is 5.80. The molecular formula is C12H9N3O. The lowest BCUT2D eigenvalue weighted by Gasteiger charge is -1.83. The van der Waals surface area contributed by atoms with Gasteiger partial charge in [-0.25, -0.2) is 9.98 Å². The zero-order chi connectivity index (χ0) is 10.8. The summed E-state index contributed by atoms with van der Waals surface area (Å²) in [6, 6.07) is 11.5. The zero-order valence-corrected chi connectivity index (χ0v) is 8.42. The smallest absolute Gasteiger partial charge is 0.227 e. The highest BCUT2D eigenvalue weighted by Crippen LogP contribution is 2.15. The van der Waals surface area contributed by atoms with Gasteiger partial charge < -0.3 is 9.40 Å². The minimum atomic E-state index is 0.581. The lowest BCUT2D eigenvalue weighted by molar-refractivity contribution is 0.560. The first-order chi connectivity index (χ1) is 7.92. The quantitative estimate of drug-likeness (QED) is 0.662. The number of aromatic nitrogens is 2. The van der Waals surface area contributed by atoms with Crippen LogP contribution in [0.5, 0.6) is 0 Å². The molecule has 0 bridgehead atoms. The molecule has 0 unspecified atom stereocenters. The van der Waals surface area contributed by atoms with E-state index >= 15 is 0 Å². The zero-order valence-electron chi connectivity index (χ0n) is 8.42. The molecule has 16 heavy (non-hydrogen) atoms. The number of rotatable bonds is 2. The van der Waals surface area contributed by atoms with Crippen molar-refractivity contribution < 1.29 is 4.42 Å². The van der Waals surface area contributed by atoms with Gasteiger partial charge in [0.1, 0.15) is 5.76 Å². The number of benzene rings is 1. The molecule has 78 valence electrons. The molecule has 0 spiro atoms. The maximum atomic E-state index is 5.14. The van der Waals surface area contributed by atoms with Gasteiger partial charge in [0.15, 0.2) is 0 Å². The molecule has 0 radical (unpaired) electrons. The third-order valence-electron chi connectivity index (χ3n) is 2.23. The van der Waals surface area contributed by atoms with E-state index in [2.05, 4.69) is 15.0 Å². The van der Waals surface area contributed by atoms with Crippen molar-refractivity contribution in [1.29, 1.82) is 0 Å². The molecule has 2 heterocycles. The Morgan fingerprint density at radius 3 is 2.94 bits per heavy atom. The number of nitrogens with zero attached hydrogens (tertiary/aromatic N) is 2. The molecule has 4 nitrogen and oxygen atoms in total. The van der Waals surface area contributed by atoms with Crippen molar-refractivity contribution in [3.63, 3.8) is 0 Å². The van der Waals surface area contributed by atoms with E-state index in [1.165, 1.54) is 0 Å². The molecule has 0 saturated heterocycles.